The molecule has 1 aromatic rings. The number of benzene rings is 1. The quantitative estimate of drug-likeness (QED) is 0.764. The number of hydrogen-bond donors (Lipinski definition) is 0. The molecule has 2 saturated heterocycles. The zero-order chi connectivity index (χ0) is 17.8. The molecule has 7 atom stereocenters. The van der Waals surface area contributed by atoms with E-state index in [2.05, 4.69) is 30.7 Å². The highest BCUT2D eigenvalue weighted by Crippen LogP contribution is 2.73. The smallest absolute Gasteiger partial charge is 0.264 e. The summed E-state index contributed by atoms with van der Waals surface area (Å²) in [6.45, 7) is 6.00. The molecule has 1 amide bonds. The molecule has 6 rings (SSSR count). The summed E-state index contributed by atoms with van der Waals surface area (Å²) in [5.41, 5.74) is 1.27. The van der Waals surface area contributed by atoms with E-state index in [0.717, 1.165) is 30.8 Å². The summed E-state index contributed by atoms with van der Waals surface area (Å²) in [5, 5.41) is 1.50. The highest BCUT2D eigenvalue weighted by molar-refractivity contribution is 6.08. The summed E-state index contributed by atoms with van der Waals surface area (Å²) in [5.74, 6) is 1.31. The van der Waals surface area contributed by atoms with Gasteiger partial charge in [0.25, 0.3) is 5.91 Å². The highest BCUT2D eigenvalue weighted by atomic mass is 16.7. The maximum atomic E-state index is 13.9. The van der Waals surface area contributed by atoms with Crippen molar-refractivity contribution in [1.82, 2.24) is 4.90 Å². The number of ether oxygens (including phenoxy) is 1. The van der Waals surface area contributed by atoms with Gasteiger partial charge in [-0.2, -0.15) is 5.06 Å². The Morgan fingerprint density at radius 3 is 2.96 bits per heavy atom. The van der Waals surface area contributed by atoms with Crippen molar-refractivity contribution in [2.75, 3.05) is 32.4 Å². The van der Waals surface area contributed by atoms with Crippen molar-refractivity contribution in [3.05, 3.63) is 42.5 Å². The van der Waals surface area contributed by atoms with Gasteiger partial charge in [-0.25, -0.2) is 0 Å². The number of rotatable bonds is 2. The molecule has 5 bridgehead atoms. The van der Waals surface area contributed by atoms with Gasteiger partial charge in [-0.1, -0.05) is 24.3 Å². The van der Waals surface area contributed by atoms with Crippen LogP contribution in [0.4, 0.5) is 5.69 Å². The van der Waals surface area contributed by atoms with Crippen LogP contribution in [0.5, 0.6) is 0 Å². The van der Waals surface area contributed by atoms with Crippen molar-refractivity contribution in [3.8, 4) is 0 Å². The van der Waals surface area contributed by atoms with E-state index < -0.39 is 5.41 Å². The summed E-state index contributed by atoms with van der Waals surface area (Å²) in [7, 11) is 3.78. The lowest BCUT2D eigenvalue weighted by Crippen LogP contribution is -2.63. The standard InChI is InChI=1S/C21H24N2O3/c1-4-20-11-22(2)17-12-10-26-16(9-14(12)20)21(18(17)20)13-7-5-6-8-15(13)23(25-3)19(21)24/h4-8,12,14,16-18H,1,9-11H2,2-3H3/t12?,14-,16+,17?,18?,20?,21+/m0/s1. The van der Waals surface area contributed by atoms with E-state index in [4.69, 9.17) is 9.57 Å². The zero-order valence-corrected chi connectivity index (χ0v) is 15.2. The van der Waals surface area contributed by atoms with Crippen LogP contribution in [0, 0.1) is 23.2 Å². The van der Waals surface area contributed by atoms with E-state index in [1.807, 2.05) is 18.2 Å². The lowest BCUT2D eigenvalue weighted by molar-refractivity contribution is -0.159. The second-order valence-corrected chi connectivity index (χ2v) is 8.70. The van der Waals surface area contributed by atoms with Gasteiger partial charge in [0.05, 0.1) is 25.5 Å². The number of nitrogens with zero attached hydrogens (tertiary/aromatic N) is 2. The first-order valence-corrected chi connectivity index (χ1v) is 9.55. The average Bonchev–Trinajstić information content (AvgIpc) is 3.13. The fourth-order valence-corrected chi connectivity index (χ4v) is 7.64. The predicted molar refractivity (Wildman–Crippen MR) is 96.5 cm³/mol. The Bertz CT molecular complexity index is 840. The molecule has 1 spiro atoms. The molecular formula is C21H24N2O3. The van der Waals surface area contributed by atoms with E-state index in [1.54, 1.807) is 7.11 Å². The van der Waals surface area contributed by atoms with Crippen LogP contribution >= 0.6 is 0 Å². The molecule has 4 fully saturated rings. The third-order valence-electron chi connectivity index (χ3n) is 8.22. The molecule has 26 heavy (non-hydrogen) atoms. The monoisotopic (exact) mass is 352 g/mol. The molecule has 3 heterocycles. The summed E-state index contributed by atoms with van der Waals surface area (Å²) < 4.78 is 6.39. The van der Waals surface area contributed by atoms with Crippen LogP contribution in [-0.4, -0.2) is 50.3 Å². The number of likely N-dealkylation sites (tertiary alicyclic amines) is 1. The Kier molecular flexibility index (Phi) is 2.71. The third kappa shape index (κ3) is 1.30. The second kappa shape index (κ2) is 4.58. The first kappa shape index (κ1) is 15.4. The number of carbonyl (C=O) groups is 1. The van der Waals surface area contributed by atoms with Crippen molar-refractivity contribution in [2.45, 2.75) is 24.0 Å². The minimum Gasteiger partial charge on any atom is -0.376 e. The van der Waals surface area contributed by atoms with Crippen LogP contribution in [0.2, 0.25) is 0 Å². The summed E-state index contributed by atoms with van der Waals surface area (Å²) in [6, 6.07) is 8.47. The number of hydrogen-bond acceptors (Lipinski definition) is 4. The Balaban J connectivity index is 1.68. The largest absolute Gasteiger partial charge is 0.376 e. The fraction of sp³-hybridized carbons (Fsp3) is 0.571. The molecule has 1 aromatic carbocycles. The second-order valence-electron chi connectivity index (χ2n) is 8.70. The van der Waals surface area contributed by atoms with E-state index in [9.17, 15) is 4.79 Å². The van der Waals surface area contributed by atoms with Crippen molar-refractivity contribution in [3.63, 3.8) is 0 Å². The number of para-hydroxylation sites is 1. The molecule has 0 aromatic heterocycles. The molecule has 3 aliphatic heterocycles. The van der Waals surface area contributed by atoms with Crippen LogP contribution in [0.15, 0.2) is 36.9 Å². The molecule has 136 valence electrons. The van der Waals surface area contributed by atoms with Crippen molar-refractivity contribution >= 4 is 11.6 Å². The number of fused-ring (bicyclic) bond motifs is 5. The topological polar surface area (TPSA) is 42.0 Å². The van der Waals surface area contributed by atoms with Gasteiger partial charge >= 0.3 is 0 Å². The van der Waals surface area contributed by atoms with Crippen LogP contribution in [0.1, 0.15) is 12.0 Å². The van der Waals surface area contributed by atoms with Crippen molar-refractivity contribution < 1.29 is 14.4 Å². The van der Waals surface area contributed by atoms with Crippen LogP contribution in [0.3, 0.4) is 0 Å². The maximum Gasteiger partial charge on any atom is 0.264 e. The SMILES string of the molecule is C=CC12CN(C)C3C4CO[C@H](C[C@@H]41)[C@@]1(C(=O)N(OC)c4ccccc41)C32. The average molecular weight is 352 g/mol. The number of anilines is 1. The number of piperidine rings is 1. The molecule has 2 saturated carbocycles. The molecule has 5 heteroatoms. The first-order chi connectivity index (χ1) is 12.6. The lowest BCUT2D eigenvalue weighted by Gasteiger charge is -2.54. The van der Waals surface area contributed by atoms with Crippen molar-refractivity contribution in [2.24, 2.45) is 23.2 Å². The molecule has 2 aliphatic carbocycles. The minimum absolute atomic E-state index is 0.0170. The number of amides is 1. The summed E-state index contributed by atoms with van der Waals surface area (Å²) in [4.78, 5) is 21.9. The van der Waals surface area contributed by atoms with Gasteiger partial charge in [0.2, 0.25) is 0 Å². The Morgan fingerprint density at radius 1 is 1.38 bits per heavy atom. The van der Waals surface area contributed by atoms with Gasteiger partial charge in [-0.15, -0.1) is 6.58 Å². The first-order valence-electron chi connectivity index (χ1n) is 9.55. The van der Waals surface area contributed by atoms with Crippen LogP contribution < -0.4 is 5.06 Å². The zero-order valence-electron chi connectivity index (χ0n) is 15.2. The van der Waals surface area contributed by atoms with Crippen LogP contribution in [-0.2, 0) is 19.8 Å². The number of carbonyl (C=O) groups excluding carboxylic acids is 1. The summed E-state index contributed by atoms with van der Waals surface area (Å²) in [6.07, 6.45) is 3.04. The van der Waals surface area contributed by atoms with E-state index in [-0.39, 0.29) is 23.3 Å². The van der Waals surface area contributed by atoms with Gasteiger partial charge in [-0.05, 0) is 31.0 Å². The maximum absolute atomic E-state index is 13.9. The Labute approximate surface area is 153 Å². The lowest BCUT2D eigenvalue weighted by atomic mass is 9.51. The van der Waals surface area contributed by atoms with Gasteiger partial charge in [0, 0.05) is 29.8 Å². The van der Waals surface area contributed by atoms with E-state index in [1.165, 1.54) is 5.06 Å². The van der Waals surface area contributed by atoms with Crippen LogP contribution in [0.25, 0.3) is 0 Å². The normalized spacial score (nSPS) is 47.8. The minimum atomic E-state index is -0.669. The molecular weight excluding hydrogens is 328 g/mol. The van der Waals surface area contributed by atoms with E-state index >= 15 is 0 Å². The van der Waals surface area contributed by atoms with Gasteiger partial charge in [0.1, 0.15) is 5.41 Å². The molecule has 0 N–H and O–H groups in total. The van der Waals surface area contributed by atoms with E-state index in [0.29, 0.717) is 17.9 Å². The fourth-order valence-electron chi connectivity index (χ4n) is 7.64. The molecule has 4 unspecified atom stereocenters. The highest BCUT2D eigenvalue weighted by Gasteiger charge is 2.80. The van der Waals surface area contributed by atoms with Gasteiger partial charge in [-0.3, -0.25) is 9.63 Å². The molecule has 5 aliphatic rings. The summed E-state index contributed by atoms with van der Waals surface area (Å²) >= 11 is 0. The van der Waals surface area contributed by atoms with Gasteiger partial charge < -0.3 is 9.64 Å². The molecule has 5 nitrogen and oxygen atoms in total. The Morgan fingerprint density at radius 2 is 2.19 bits per heavy atom. The third-order valence-corrected chi connectivity index (χ3v) is 8.22. The molecule has 0 radical (unpaired) electrons. The Hall–Kier alpha value is -1.69. The predicted octanol–water partition coefficient (Wildman–Crippen LogP) is 1.98. The van der Waals surface area contributed by atoms with Gasteiger partial charge in [0.15, 0.2) is 0 Å². The van der Waals surface area contributed by atoms with Crippen molar-refractivity contribution in [1.29, 1.82) is 0 Å². The number of hydroxylamine groups is 1.